The lowest BCUT2D eigenvalue weighted by atomic mass is 9.96. The summed E-state index contributed by atoms with van der Waals surface area (Å²) in [6, 6.07) is -0.903. The van der Waals surface area contributed by atoms with E-state index < -0.39 is 124 Å². The lowest BCUT2D eigenvalue weighted by Crippen LogP contribution is -2.66. The molecule has 3 rings (SSSR count). The Balaban J connectivity index is 1.27. The molecular weight excluding hydrogens is 1120 g/mol. The molecule has 494 valence electrons. The zero-order valence-electron chi connectivity index (χ0n) is 51.7. The van der Waals surface area contributed by atoms with E-state index in [9.17, 15) is 61.0 Å². The van der Waals surface area contributed by atoms with Gasteiger partial charge < -0.3 is 89.9 Å². The maximum absolute atomic E-state index is 13.2. The summed E-state index contributed by atoms with van der Waals surface area (Å²) >= 11 is 0. The third-order valence-corrected chi connectivity index (χ3v) is 15.0. The Labute approximate surface area is 518 Å². The number of hydrogen-bond acceptors (Lipinski definition) is 18. The van der Waals surface area contributed by atoms with Crippen LogP contribution in [0.3, 0.4) is 0 Å². The molecule has 0 spiro atoms. The number of carbonyl (C=O) groups excluding carboxylic acids is 1. The van der Waals surface area contributed by atoms with Crippen LogP contribution in [-0.4, -0.2) is 193 Å². The van der Waals surface area contributed by atoms with E-state index in [1.807, 2.05) is 6.92 Å². The van der Waals surface area contributed by atoms with Gasteiger partial charge in [-0.3, -0.25) is 4.79 Å². The van der Waals surface area contributed by atoms with Gasteiger partial charge in [0.15, 0.2) is 18.9 Å². The number of aliphatic hydroxyl groups excluding tert-OH is 11. The van der Waals surface area contributed by atoms with Crippen LogP contribution in [-0.2, 0) is 33.2 Å². The van der Waals surface area contributed by atoms with Crippen molar-refractivity contribution in [3.63, 3.8) is 0 Å². The van der Waals surface area contributed by atoms with Crippen LogP contribution in [0.2, 0.25) is 0 Å². The number of aliphatic hydroxyl groups is 11. The van der Waals surface area contributed by atoms with Crippen molar-refractivity contribution >= 4 is 5.91 Å². The zero-order valence-corrected chi connectivity index (χ0v) is 51.7. The molecule has 19 heteroatoms. The first-order valence-electron chi connectivity index (χ1n) is 31.9. The quantitative estimate of drug-likeness (QED) is 0.0215. The molecular formula is C68H109NO18. The molecule has 12 N–H and O–H groups in total. The Hall–Kier alpha value is -4.07. The minimum absolute atomic E-state index is 0.231. The third-order valence-electron chi connectivity index (χ3n) is 15.0. The molecule has 0 aromatic carbocycles. The number of nitrogens with one attached hydrogen (secondary N) is 1. The highest BCUT2D eigenvalue weighted by Crippen LogP contribution is 2.33. The van der Waals surface area contributed by atoms with E-state index in [0.717, 1.165) is 116 Å². The highest BCUT2D eigenvalue weighted by atomic mass is 16.8. The molecule has 0 bridgehead atoms. The highest BCUT2D eigenvalue weighted by molar-refractivity contribution is 5.76. The standard InChI is InChI=1S/C68H109NO18/c1-3-5-7-8-9-10-11-12-13-14-15-16-17-18-19-20-21-22-23-24-25-26-27-28-29-30-31-32-33-34-35-36-37-38-39-40-41-42-44-46-56(74)69-51(52(73)45-43-6-4-2)50-82-66-62(80)59(77)64(54(48-71)84-66)87-68-63(81)60(78)65(55(49-72)85-68)86-67-61(79)58(76)57(75)53(47-70)83-67/h5,7,9-10,12-13,15-16,18-19,21-22,24-25,27-28,30-31,33-34,36-37,51-55,57-68,70-73,75-81H,3-4,6,8,11,14,17,20,23,26,29,32,35,38-50H2,1-2H3,(H,69,74)/b7-5-,10-9-,13-12-,16-15-,19-18-,22-21-,25-24-,28-27-,31-30-,34-33-,37-36-. The van der Waals surface area contributed by atoms with E-state index in [1.165, 1.54) is 0 Å². The maximum Gasteiger partial charge on any atom is 0.220 e. The summed E-state index contributed by atoms with van der Waals surface area (Å²) < 4.78 is 34.0. The summed E-state index contributed by atoms with van der Waals surface area (Å²) in [6.45, 7) is 1.43. The Morgan fingerprint density at radius 3 is 1.22 bits per heavy atom. The fraction of sp³-hybridized carbons (Fsp3) is 0.662. The summed E-state index contributed by atoms with van der Waals surface area (Å²) in [5.74, 6) is -0.282. The third kappa shape index (κ3) is 31.5. The Bertz CT molecular complexity index is 2100. The second-order valence-electron chi connectivity index (χ2n) is 22.1. The van der Waals surface area contributed by atoms with Crippen LogP contribution in [0.5, 0.6) is 0 Å². The predicted molar refractivity (Wildman–Crippen MR) is 336 cm³/mol. The molecule has 0 aromatic rings. The number of allylic oxidation sites excluding steroid dienone is 22. The van der Waals surface area contributed by atoms with E-state index in [4.69, 9.17) is 28.4 Å². The molecule has 3 aliphatic rings. The molecule has 3 saturated heterocycles. The number of amides is 1. The molecule has 3 heterocycles. The van der Waals surface area contributed by atoms with Crippen molar-refractivity contribution in [2.75, 3.05) is 26.4 Å². The minimum Gasteiger partial charge on any atom is -0.394 e. The second-order valence-corrected chi connectivity index (χ2v) is 22.1. The fourth-order valence-electron chi connectivity index (χ4n) is 9.78. The van der Waals surface area contributed by atoms with Crippen molar-refractivity contribution in [2.24, 2.45) is 0 Å². The van der Waals surface area contributed by atoms with Gasteiger partial charge in [0.2, 0.25) is 5.91 Å². The molecule has 1 amide bonds. The number of hydrogen-bond donors (Lipinski definition) is 12. The smallest absolute Gasteiger partial charge is 0.220 e. The number of rotatable bonds is 45. The molecule has 0 saturated carbocycles. The molecule has 17 unspecified atom stereocenters. The summed E-state index contributed by atoms with van der Waals surface area (Å²) in [5, 5.41) is 119. The normalized spacial score (nSPS) is 29.5. The van der Waals surface area contributed by atoms with Gasteiger partial charge in [0.25, 0.3) is 0 Å². The van der Waals surface area contributed by atoms with Crippen LogP contribution in [0.15, 0.2) is 134 Å². The molecule has 87 heavy (non-hydrogen) atoms. The summed E-state index contributed by atoms with van der Waals surface area (Å²) in [4.78, 5) is 13.2. The average molecular weight is 1230 g/mol. The molecule has 0 aromatic heterocycles. The van der Waals surface area contributed by atoms with Crippen LogP contribution >= 0.6 is 0 Å². The molecule has 19 nitrogen and oxygen atoms in total. The fourth-order valence-corrected chi connectivity index (χ4v) is 9.78. The van der Waals surface area contributed by atoms with Crippen molar-refractivity contribution in [3.8, 4) is 0 Å². The van der Waals surface area contributed by atoms with Crippen molar-refractivity contribution in [3.05, 3.63) is 134 Å². The average Bonchev–Trinajstić information content (AvgIpc) is 1.25. The van der Waals surface area contributed by atoms with Crippen LogP contribution in [0, 0.1) is 0 Å². The number of ether oxygens (including phenoxy) is 6. The summed E-state index contributed by atoms with van der Waals surface area (Å²) in [7, 11) is 0. The molecule has 3 aliphatic heterocycles. The lowest BCUT2D eigenvalue weighted by Gasteiger charge is -2.48. The molecule has 3 fully saturated rings. The summed E-state index contributed by atoms with van der Waals surface area (Å²) in [5.41, 5.74) is 0. The van der Waals surface area contributed by atoms with Gasteiger partial charge in [-0.1, -0.05) is 186 Å². The first-order chi connectivity index (χ1) is 42.3. The van der Waals surface area contributed by atoms with Crippen molar-refractivity contribution in [1.82, 2.24) is 5.32 Å². The topological polar surface area (TPSA) is 307 Å². The Morgan fingerprint density at radius 1 is 0.425 bits per heavy atom. The van der Waals surface area contributed by atoms with Gasteiger partial charge in [0.05, 0.1) is 38.6 Å². The van der Waals surface area contributed by atoms with Gasteiger partial charge in [-0.25, -0.2) is 0 Å². The van der Waals surface area contributed by atoms with Gasteiger partial charge >= 0.3 is 0 Å². The first-order valence-corrected chi connectivity index (χ1v) is 31.9. The van der Waals surface area contributed by atoms with Crippen LogP contribution in [0.4, 0.5) is 0 Å². The van der Waals surface area contributed by atoms with Crippen molar-refractivity contribution < 1.29 is 89.4 Å². The minimum atomic E-state index is -1.98. The van der Waals surface area contributed by atoms with Crippen LogP contribution in [0.1, 0.15) is 155 Å². The van der Waals surface area contributed by atoms with Crippen molar-refractivity contribution in [2.45, 2.75) is 259 Å². The summed E-state index contributed by atoms with van der Waals surface area (Å²) in [6.07, 6.45) is 41.1. The van der Waals surface area contributed by atoms with E-state index in [1.54, 1.807) is 0 Å². The number of carbonyl (C=O) groups is 1. The van der Waals surface area contributed by atoms with Gasteiger partial charge in [-0.15, -0.1) is 0 Å². The largest absolute Gasteiger partial charge is 0.394 e. The Kier molecular flexibility index (Phi) is 43.2. The first kappa shape index (κ1) is 77.2. The highest BCUT2D eigenvalue weighted by Gasteiger charge is 2.53. The zero-order chi connectivity index (χ0) is 63.3. The van der Waals surface area contributed by atoms with E-state index >= 15 is 0 Å². The second kappa shape index (κ2) is 48.7. The van der Waals surface area contributed by atoms with Crippen LogP contribution < -0.4 is 5.32 Å². The van der Waals surface area contributed by atoms with E-state index in [-0.39, 0.29) is 18.9 Å². The monoisotopic (exact) mass is 1230 g/mol. The van der Waals surface area contributed by atoms with Gasteiger partial charge in [-0.05, 0) is 96.3 Å². The molecule has 0 radical (unpaired) electrons. The molecule has 0 aliphatic carbocycles. The molecule has 17 atom stereocenters. The van der Waals surface area contributed by atoms with Gasteiger partial charge in [0.1, 0.15) is 73.2 Å². The SMILES string of the molecule is CC/C=C\C/C=C\C/C=C\C/C=C\C/C=C\C/C=C\C/C=C\C/C=C\C/C=C\C/C=C\C/C=C\CCCCCCCC(=O)NC(COC1OC(CO)C(OC2OC(CO)C(OC3OC(CO)C(O)C(O)C3O)C(O)C2O)C(O)C1O)C(O)CCCCC. The van der Waals surface area contributed by atoms with E-state index in [0.29, 0.717) is 19.3 Å². The maximum atomic E-state index is 13.2. The van der Waals surface area contributed by atoms with Gasteiger partial charge in [-0.2, -0.15) is 0 Å². The van der Waals surface area contributed by atoms with E-state index in [2.05, 4.69) is 146 Å². The van der Waals surface area contributed by atoms with Crippen molar-refractivity contribution in [1.29, 1.82) is 0 Å². The Morgan fingerprint density at radius 2 is 0.793 bits per heavy atom. The number of unbranched alkanes of at least 4 members (excludes halogenated alkanes) is 7. The van der Waals surface area contributed by atoms with Crippen LogP contribution in [0.25, 0.3) is 0 Å². The lowest BCUT2D eigenvalue weighted by molar-refractivity contribution is -0.379. The predicted octanol–water partition coefficient (Wildman–Crippen LogP) is 7.04. The van der Waals surface area contributed by atoms with Gasteiger partial charge in [0, 0.05) is 6.42 Å².